The lowest BCUT2D eigenvalue weighted by Gasteiger charge is -2.02. The maximum absolute atomic E-state index is 11.9. The number of rotatable bonds is 3. The van der Waals surface area contributed by atoms with Gasteiger partial charge in [-0.3, -0.25) is 4.79 Å². The zero-order valence-electron chi connectivity index (χ0n) is 10.5. The van der Waals surface area contributed by atoms with Gasteiger partial charge in [0.2, 0.25) is 5.91 Å². The van der Waals surface area contributed by atoms with Crippen molar-refractivity contribution in [2.45, 2.75) is 6.92 Å². The second-order valence-corrected chi connectivity index (χ2v) is 4.95. The van der Waals surface area contributed by atoms with Crippen LogP contribution in [0.4, 0.5) is 5.00 Å². The molecule has 0 aliphatic heterocycles. The van der Waals surface area contributed by atoms with Crippen molar-refractivity contribution in [3.05, 3.63) is 46.8 Å². The molecular weight excluding hydrogens is 276 g/mol. The normalized spacial score (nSPS) is 9.60. The summed E-state index contributed by atoms with van der Waals surface area (Å²) in [6, 6.07) is 11.5. The number of hydrogen-bond acceptors (Lipinski definition) is 5. The molecule has 5 nitrogen and oxygen atoms in total. The molecular formula is C14H10N2O3S. The minimum absolute atomic E-state index is 0.196. The maximum atomic E-state index is 11.9. The Kier molecular flexibility index (Phi) is 4.13. The fraction of sp³-hybridized carbons (Fsp3) is 0.0714. The van der Waals surface area contributed by atoms with E-state index in [2.05, 4.69) is 5.32 Å². The fourth-order valence-electron chi connectivity index (χ4n) is 1.44. The van der Waals surface area contributed by atoms with Crippen LogP contribution in [0.2, 0.25) is 0 Å². The number of carbonyl (C=O) groups excluding carboxylic acids is 2. The number of thiophene rings is 1. The second kappa shape index (κ2) is 5.99. The molecule has 6 heteroatoms. The van der Waals surface area contributed by atoms with Gasteiger partial charge in [0.15, 0.2) is 0 Å². The zero-order valence-corrected chi connectivity index (χ0v) is 11.4. The molecule has 0 spiro atoms. The lowest BCUT2D eigenvalue weighted by Crippen LogP contribution is -2.06. The summed E-state index contributed by atoms with van der Waals surface area (Å²) in [5.74, 6) is -0.335. The number of esters is 1. The van der Waals surface area contributed by atoms with Crippen LogP contribution in [-0.4, -0.2) is 11.9 Å². The van der Waals surface area contributed by atoms with Crippen molar-refractivity contribution in [3.8, 4) is 11.8 Å². The smallest absolute Gasteiger partial charge is 0.353 e. The Morgan fingerprint density at radius 3 is 2.50 bits per heavy atom. The van der Waals surface area contributed by atoms with Gasteiger partial charge >= 0.3 is 5.97 Å². The van der Waals surface area contributed by atoms with Crippen molar-refractivity contribution >= 4 is 28.2 Å². The number of amides is 1. The van der Waals surface area contributed by atoms with Gasteiger partial charge in [0.1, 0.15) is 10.6 Å². The van der Waals surface area contributed by atoms with Crippen LogP contribution in [0, 0.1) is 11.3 Å². The molecule has 20 heavy (non-hydrogen) atoms. The molecule has 2 rings (SSSR count). The first kappa shape index (κ1) is 13.8. The summed E-state index contributed by atoms with van der Waals surface area (Å²) in [7, 11) is 0. The van der Waals surface area contributed by atoms with E-state index < -0.39 is 5.97 Å². The monoisotopic (exact) mass is 286 g/mol. The Bertz CT molecular complexity index is 683. The summed E-state index contributed by atoms with van der Waals surface area (Å²) in [5, 5.41) is 11.9. The molecule has 0 atom stereocenters. The molecule has 0 radical (unpaired) electrons. The molecule has 2 aromatic rings. The average Bonchev–Trinajstić information content (AvgIpc) is 2.87. The second-order valence-electron chi connectivity index (χ2n) is 3.87. The first-order valence-electron chi connectivity index (χ1n) is 5.68. The highest BCUT2D eigenvalue weighted by molar-refractivity contribution is 7.18. The number of benzene rings is 1. The van der Waals surface area contributed by atoms with Crippen LogP contribution in [0.15, 0.2) is 36.4 Å². The molecule has 1 amide bonds. The third kappa shape index (κ3) is 3.43. The highest BCUT2D eigenvalue weighted by Crippen LogP contribution is 2.23. The van der Waals surface area contributed by atoms with Crippen molar-refractivity contribution in [1.29, 1.82) is 5.26 Å². The molecule has 0 fully saturated rings. The van der Waals surface area contributed by atoms with Crippen LogP contribution in [-0.2, 0) is 4.79 Å². The largest absolute Gasteiger partial charge is 0.422 e. The average molecular weight is 286 g/mol. The molecule has 0 aliphatic rings. The Labute approximate surface area is 119 Å². The molecule has 1 N–H and O–H groups in total. The van der Waals surface area contributed by atoms with Crippen LogP contribution in [0.25, 0.3) is 0 Å². The highest BCUT2D eigenvalue weighted by Gasteiger charge is 2.12. The minimum atomic E-state index is -0.503. The van der Waals surface area contributed by atoms with E-state index in [0.717, 1.165) is 11.3 Å². The van der Waals surface area contributed by atoms with Gasteiger partial charge in [0.05, 0.1) is 16.6 Å². The van der Waals surface area contributed by atoms with E-state index in [0.29, 0.717) is 21.2 Å². The van der Waals surface area contributed by atoms with Gasteiger partial charge in [-0.2, -0.15) is 5.26 Å². The van der Waals surface area contributed by atoms with Crippen molar-refractivity contribution in [1.82, 2.24) is 0 Å². The Balaban J connectivity index is 2.05. The number of hydrogen-bond donors (Lipinski definition) is 1. The molecule has 0 aliphatic carbocycles. The van der Waals surface area contributed by atoms with Crippen LogP contribution in [0.1, 0.15) is 22.2 Å². The first-order chi connectivity index (χ1) is 9.58. The van der Waals surface area contributed by atoms with E-state index in [1.165, 1.54) is 6.92 Å². The quantitative estimate of drug-likeness (QED) is 0.695. The van der Waals surface area contributed by atoms with Gasteiger partial charge < -0.3 is 10.1 Å². The summed E-state index contributed by atoms with van der Waals surface area (Å²) < 4.78 is 5.17. The minimum Gasteiger partial charge on any atom is -0.422 e. The number of nitrogens with one attached hydrogen (secondary N) is 1. The molecule has 0 saturated heterocycles. The standard InChI is InChI=1S/C14H10N2O3S/c1-9(17)16-13-7-6-12(20-13)14(18)19-11-4-2-10(8-15)3-5-11/h2-7H,1H3,(H,16,17). The predicted octanol–water partition coefficient (Wildman–Crippen LogP) is 2.80. The topological polar surface area (TPSA) is 79.2 Å². The van der Waals surface area contributed by atoms with Gasteiger partial charge in [-0.05, 0) is 36.4 Å². The molecule has 1 aromatic carbocycles. The van der Waals surface area contributed by atoms with Crippen LogP contribution < -0.4 is 10.1 Å². The van der Waals surface area contributed by atoms with E-state index in [1.54, 1.807) is 36.4 Å². The van der Waals surface area contributed by atoms with Gasteiger partial charge in [0, 0.05) is 6.92 Å². The van der Waals surface area contributed by atoms with Crippen molar-refractivity contribution in [2.24, 2.45) is 0 Å². The van der Waals surface area contributed by atoms with Crippen molar-refractivity contribution in [2.75, 3.05) is 5.32 Å². The van der Waals surface area contributed by atoms with Crippen molar-refractivity contribution in [3.63, 3.8) is 0 Å². The number of carbonyl (C=O) groups is 2. The number of anilines is 1. The maximum Gasteiger partial charge on any atom is 0.353 e. The molecule has 0 unspecified atom stereocenters. The molecule has 100 valence electrons. The van der Waals surface area contributed by atoms with Crippen molar-refractivity contribution < 1.29 is 14.3 Å². The molecule has 0 saturated carbocycles. The lowest BCUT2D eigenvalue weighted by atomic mass is 10.2. The van der Waals surface area contributed by atoms with E-state index in [4.69, 9.17) is 10.00 Å². The lowest BCUT2D eigenvalue weighted by molar-refractivity contribution is -0.114. The van der Waals surface area contributed by atoms with Crippen LogP contribution >= 0.6 is 11.3 Å². The van der Waals surface area contributed by atoms with Gasteiger partial charge in [-0.15, -0.1) is 11.3 Å². The fourth-order valence-corrected chi connectivity index (χ4v) is 2.27. The van der Waals surface area contributed by atoms with Gasteiger partial charge in [-0.25, -0.2) is 4.79 Å². The zero-order chi connectivity index (χ0) is 14.5. The summed E-state index contributed by atoms with van der Waals surface area (Å²) in [6.45, 7) is 1.40. The Hall–Kier alpha value is -2.65. The number of ether oxygens (including phenoxy) is 1. The summed E-state index contributed by atoms with van der Waals surface area (Å²) >= 11 is 1.14. The number of nitriles is 1. The molecule has 0 bridgehead atoms. The Morgan fingerprint density at radius 2 is 1.90 bits per heavy atom. The molecule has 1 aromatic heterocycles. The molecule has 1 heterocycles. The summed E-state index contributed by atoms with van der Waals surface area (Å²) in [6.07, 6.45) is 0. The van der Waals surface area contributed by atoms with Gasteiger partial charge in [0.25, 0.3) is 0 Å². The Morgan fingerprint density at radius 1 is 1.20 bits per heavy atom. The highest BCUT2D eigenvalue weighted by atomic mass is 32.1. The van der Waals surface area contributed by atoms with E-state index in [-0.39, 0.29) is 5.91 Å². The van der Waals surface area contributed by atoms with Crippen LogP contribution in [0.5, 0.6) is 5.75 Å². The summed E-state index contributed by atoms with van der Waals surface area (Å²) in [5.41, 5.74) is 0.494. The number of nitrogens with zero attached hydrogens (tertiary/aromatic N) is 1. The predicted molar refractivity (Wildman–Crippen MR) is 74.7 cm³/mol. The van der Waals surface area contributed by atoms with E-state index in [1.807, 2.05) is 6.07 Å². The van der Waals surface area contributed by atoms with E-state index >= 15 is 0 Å². The van der Waals surface area contributed by atoms with Gasteiger partial charge in [-0.1, -0.05) is 0 Å². The summed E-state index contributed by atoms with van der Waals surface area (Å²) in [4.78, 5) is 23.2. The first-order valence-corrected chi connectivity index (χ1v) is 6.50. The third-order valence-electron chi connectivity index (χ3n) is 2.30. The SMILES string of the molecule is CC(=O)Nc1ccc(C(=O)Oc2ccc(C#N)cc2)s1. The third-order valence-corrected chi connectivity index (χ3v) is 3.28. The van der Waals surface area contributed by atoms with Crippen LogP contribution in [0.3, 0.4) is 0 Å². The van der Waals surface area contributed by atoms with E-state index in [9.17, 15) is 9.59 Å².